The summed E-state index contributed by atoms with van der Waals surface area (Å²) in [7, 11) is 0. The maximum absolute atomic E-state index is 3.66. The van der Waals surface area contributed by atoms with Crippen LogP contribution in [-0.2, 0) is 0 Å². The number of nitrogens with one attached hydrogen (secondary N) is 1. The van der Waals surface area contributed by atoms with Crippen LogP contribution in [0.2, 0.25) is 0 Å². The smallest absolute Gasteiger partial charge is 0.0655 e. The van der Waals surface area contributed by atoms with E-state index in [1.807, 2.05) is 0 Å². The lowest BCUT2D eigenvalue weighted by Gasteiger charge is -2.28. The Morgan fingerprint density at radius 1 is 1.35 bits per heavy atom. The van der Waals surface area contributed by atoms with E-state index in [9.17, 15) is 0 Å². The summed E-state index contributed by atoms with van der Waals surface area (Å²) in [4.78, 5) is 2.47. The maximum atomic E-state index is 3.66. The van der Waals surface area contributed by atoms with Crippen molar-refractivity contribution in [3.05, 3.63) is 27.1 Å². The Bertz CT molecular complexity index is 361. The molecule has 0 bridgehead atoms. The lowest BCUT2D eigenvalue weighted by molar-refractivity contribution is 0.528. The molecule has 1 fully saturated rings. The molecule has 1 unspecified atom stereocenters. The van der Waals surface area contributed by atoms with E-state index in [0.29, 0.717) is 6.04 Å². The van der Waals surface area contributed by atoms with Crippen molar-refractivity contribution >= 4 is 37.5 Å². The predicted octanol–water partition coefficient (Wildman–Crippen LogP) is 3.79. The molecule has 1 heterocycles. The van der Waals surface area contributed by atoms with Crippen LogP contribution < -0.4 is 10.2 Å². The van der Waals surface area contributed by atoms with Crippen molar-refractivity contribution in [3.63, 3.8) is 0 Å². The molecule has 0 amide bonds. The molecule has 0 radical (unpaired) electrons. The van der Waals surface area contributed by atoms with Crippen LogP contribution in [0.5, 0.6) is 0 Å². The molecule has 1 aromatic carbocycles. The summed E-state index contributed by atoms with van der Waals surface area (Å²) in [6.07, 6.45) is 2.38. The average molecular weight is 362 g/mol. The third kappa shape index (κ3) is 3.24. The number of nitrogens with zero attached hydrogens (tertiary/aromatic N) is 1. The van der Waals surface area contributed by atoms with E-state index in [1.165, 1.54) is 27.5 Å². The van der Waals surface area contributed by atoms with Gasteiger partial charge < -0.3 is 10.2 Å². The standard InChI is InChI=1S/C13H18Br2N2/c1-2-10-9-17(8-4-7-16-10)13-11(14)5-3-6-12(13)15/h3,5-6,10,16H,2,4,7-9H2,1H3. The van der Waals surface area contributed by atoms with Gasteiger partial charge in [0, 0.05) is 28.1 Å². The molecule has 4 heteroatoms. The van der Waals surface area contributed by atoms with Crippen molar-refractivity contribution in [1.29, 1.82) is 0 Å². The summed E-state index contributed by atoms with van der Waals surface area (Å²) < 4.78 is 2.34. The molecule has 1 aliphatic heterocycles. The summed E-state index contributed by atoms with van der Waals surface area (Å²) in [6, 6.07) is 6.88. The van der Waals surface area contributed by atoms with Gasteiger partial charge in [-0.05, 0) is 63.4 Å². The van der Waals surface area contributed by atoms with Crippen LogP contribution in [0.25, 0.3) is 0 Å². The number of anilines is 1. The summed E-state index contributed by atoms with van der Waals surface area (Å²) in [6.45, 7) is 5.57. The molecule has 1 saturated heterocycles. The first-order valence-corrected chi connectivity index (χ1v) is 7.73. The number of para-hydroxylation sites is 1. The molecule has 1 aromatic rings. The quantitative estimate of drug-likeness (QED) is 0.862. The second-order valence-corrected chi connectivity index (χ2v) is 6.14. The van der Waals surface area contributed by atoms with Gasteiger partial charge in [0.2, 0.25) is 0 Å². The number of benzene rings is 1. The Kier molecular flexibility index (Phi) is 4.88. The minimum atomic E-state index is 0.594. The highest BCUT2D eigenvalue weighted by Crippen LogP contribution is 2.34. The molecule has 0 aromatic heterocycles. The van der Waals surface area contributed by atoms with Gasteiger partial charge in [-0.1, -0.05) is 13.0 Å². The topological polar surface area (TPSA) is 15.3 Å². The van der Waals surface area contributed by atoms with Gasteiger partial charge in [0.25, 0.3) is 0 Å². The largest absolute Gasteiger partial charge is 0.368 e. The van der Waals surface area contributed by atoms with Gasteiger partial charge in [-0.25, -0.2) is 0 Å². The molecule has 17 heavy (non-hydrogen) atoms. The lowest BCUT2D eigenvalue weighted by Crippen LogP contribution is -2.37. The first-order chi connectivity index (χ1) is 8.22. The lowest BCUT2D eigenvalue weighted by atomic mass is 10.2. The molecule has 0 spiro atoms. The predicted molar refractivity (Wildman–Crippen MR) is 80.8 cm³/mol. The van der Waals surface area contributed by atoms with E-state index in [2.05, 4.69) is 67.2 Å². The van der Waals surface area contributed by atoms with E-state index in [1.54, 1.807) is 0 Å². The number of rotatable bonds is 2. The summed E-state index contributed by atoms with van der Waals surface area (Å²) in [5.41, 5.74) is 1.29. The highest BCUT2D eigenvalue weighted by Gasteiger charge is 2.19. The first kappa shape index (κ1) is 13.4. The molecule has 1 aliphatic rings. The van der Waals surface area contributed by atoms with Crippen LogP contribution in [0, 0.1) is 0 Å². The summed E-state index contributed by atoms with van der Waals surface area (Å²) in [5, 5.41) is 3.60. The third-order valence-corrected chi connectivity index (χ3v) is 4.50. The van der Waals surface area contributed by atoms with Crippen LogP contribution in [0.4, 0.5) is 5.69 Å². The highest BCUT2D eigenvalue weighted by atomic mass is 79.9. The van der Waals surface area contributed by atoms with Gasteiger partial charge in [-0.15, -0.1) is 0 Å². The maximum Gasteiger partial charge on any atom is 0.0655 e. The molecule has 2 rings (SSSR count). The SMILES string of the molecule is CCC1CN(c2c(Br)cccc2Br)CCCN1. The van der Waals surface area contributed by atoms with Crippen molar-refractivity contribution in [3.8, 4) is 0 Å². The normalized spacial score (nSPS) is 21.4. The van der Waals surface area contributed by atoms with Crippen molar-refractivity contribution in [2.24, 2.45) is 0 Å². The third-order valence-electron chi connectivity index (χ3n) is 3.23. The fourth-order valence-electron chi connectivity index (χ4n) is 2.27. The van der Waals surface area contributed by atoms with E-state index < -0.39 is 0 Å². The average Bonchev–Trinajstić information content (AvgIpc) is 2.54. The Morgan fingerprint density at radius 2 is 2.06 bits per heavy atom. The second kappa shape index (κ2) is 6.21. The van der Waals surface area contributed by atoms with Gasteiger partial charge in [0.1, 0.15) is 0 Å². The Balaban J connectivity index is 2.25. The van der Waals surface area contributed by atoms with Gasteiger partial charge in [0.15, 0.2) is 0 Å². The van der Waals surface area contributed by atoms with Crippen LogP contribution in [0.15, 0.2) is 27.1 Å². The summed E-state index contributed by atoms with van der Waals surface area (Å²) in [5.74, 6) is 0. The highest BCUT2D eigenvalue weighted by molar-refractivity contribution is 9.11. The molecule has 1 N–H and O–H groups in total. The van der Waals surface area contributed by atoms with Gasteiger partial charge >= 0.3 is 0 Å². The van der Waals surface area contributed by atoms with E-state index in [-0.39, 0.29) is 0 Å². The Labute approximate surface area is 120 Å². The number of hydrogen-bond donors (Lipinski definition) is 1. The molecule has 0 saturated carbocycles. The molecule has 2 nitrogen and oxygen atoms in total. The molecule has 1 atom stereocenters. The van der Waals surface area contributed by atoms with Crippen molar-refractivity contribution in [1.82, 2.24) is 5.32 Å². The van der Waals surface area contributed by atoms with Crippen molar-refractivity contribution in [2.45, 2.75) is 25.8 Å². The zero-order valence-electron chi connectivity index (χ0n) is 10.0. The van der Waals surface area contributed by atoms with E-state index in [4.69, 9.17) is 0 Å². The van der Waals surface area contributed by atoms with Gasteiger partial charge in [-0.3, -0.25) is 0 Å². The van der Waals surface area contributed by atoms with Crippen LogP contribution in [0.1, 0.15) is 19.8 Å². The first-order valence-electron chi connectivity index (χ1n) is 6.14. The van der Waals surface area contributed by atoms with Crippen LogP contribution in [-0.4, -0.2) is 25.7 Å². The summed E-state index contributed by atoms with van der Waals surface area (Å²) >= 11 is 7.32. The second-order valence-electron chi connectivity index (χ2n) is 4.43. The Hall–Kier alpha value is -0.0600. The van der Waals surface area contributed by atoms with E-state index >= 15 is 0 Å². The molecular formula is C13H18Br2N2. The minimum Gasteiger partial charge on any atom is -0.368 e. The van der Waals surface area contributed by atoms with Crippen molar-refractivity contribution < 1.29 is 0 Å². The van der Waals surface area contributed by atoms with Crippen LogP contribution >= 0.6 is 31.9 Å². The number of hydrogen-bond acceptors (Lipinski definition) is 2. The fraction of sp³-hybridized carbons (Fsp3) is 0.538. The Morgan fingerprint density at radius 3 is 2.71 bits per heavy atom. The molecule has 0 aliphatic carbocycles. The fourth-order valence-corrected chi connectivity index (χ4v) is 3.77. The van der Waals surface area contributed by atoms with Crippen LogP contribution in [0.3, 0.4) is 0 Å². The van der Waals surface area contributed by atoms with E-state index in [0.717, 1.165) is 19.6 Å². The van der Waals surface area contributed by atoms with Crippen molar-refractivity contribution in [2.75, 3.05) is 24.5 Å². The molecule has 94 valence electrons. The zero-order valence-corrected chi connectivity index (χ0v) is 13.2. The monoisotopic (exact) mass is 360 g/mol. The number of halogens is 2. The molecular weight excluding hydrogens is 344 g/mol. The minimum absolute atomic E-state index is 0.594. The van der Waals surface area contributed by atoms with Gasteiger partial charge in [-0.2, -0.15) is 0 Å². The van der Waals surface area contributed by atoms with Gasteiger partial charge in [0.05, 0.1) is 5.69 Å². The zero-order chi connectivity index (χ0) is 12.3.